The number of aromatic nitrogens is 1. The van der Waals surface area contributed by atoms with E-state index in [2.05, 4.69) is 4.98 Å². The van der Waals surface area contributed by atoms with Crippen molar-refractivity contribution in [3.63, 3.8) is 0 Å². The van der Waals surface area contributed by atoms with Gasteiger partial charge in [0.15, 0.2) is 0 Å². The number of aromatic amines is 1. The Morgan fingerprint density at radius 3 is 2.20 bits per heavy atom. The van der Waals surface area contributed by atoms with Crippen molar-refractivity contribution in [3.05, 3.63) is 78.6 Å². The maximum Gasteiger partial charge on any atom is 0.144 e. The van der Waals surface area contributed by atoms with Gasteiger partial charge in [-0.25, -0.2) is 0 Å². The average molecular weight is 265 g/mol. The monoisotopic (exact) mass is 265 g/mol. The van der Waals surface area contributed by atoms with Crippen LogP contribution in [0.4, 0.5) is 0 Å². The van der Waals surface area contributed by atoms with Crippen molar-refractivity contribution in [2.45, 2.75) is 6.61 Å². The Balaban J connectivity index is 1.59. The van der Waals surface area contributed by atoms with Gasteiger partial charge in [-0.15, -0.1) is 0 Å². The highest BCUT2D eigenvalue weighted by Crippen LogP contribution is 2.23. The third-order valence-electron chi connectivity index (χ3n) is 2.88. The van der Waals surface area contributed by atoms with E-state index in [1.807, 2.05) is 66.9 Å². The first-order valence-corrected chi connectivity index (χ1v) is 6.47. The topological polar surface area (TPSA) is 34.2 Å². The molecule has 0 atom stereocenters. The zero-order valence-corrected chi connectivity index (χ0v) is 11.0. The lowest BCUT2D eigenvalue weighted by atomic mass is 10.2. The van der Waals surface area contributed by atoms with E-state index in [0.717, 1.165) is 22.8 Å². The van der Waals surface area contributed by atoms with E-state index >= 15 is 0 Å². The number of ether oxygens (including phenoxy) is 2. The Labute approximate surface area is 117 Å². The quantitative estimate of drug-likeness (QED) is 0.742. The van der Waals surface area contributed by atoms with Crippen LogP contribution in [-0.2, 0) is 6.61 Å². The first-order valence-electron chi connectivity index (χ1n) is 6.47. The van der Waals surface area contributed by atoms with Gasteiger partial charge < -0.3 is 14.5 Å². The summed E-state index contributed by atoms with van der Waals surface area (Å²) < 4.78 is 11.4. The molecule has 1 heterocycles. The lowest BCUT2D eigenvalue weighted by Crippen LogP contribution is -1.94. The van der Waals surface area contributed by atoms with Crippen molar-refractivity contribution >= 4 is 0 Å². The highest BCUT2D eigenvalue weighted by molar-refractivity contribution is 5.34. The van der Waals surface area contributed by atoms with Gasteiger partial charge >= 0.3 is 0 Å². The molecule has 0 fully saturated rings. The molecule has 1 N–H and O–H groups in total. The molecule has 0 bridgehead atoms. The normalized spacial score (nSPS) is 10.2. The second kappa shape index (κ2) is 5.97. The first-order chi connectivity index (χ1) is 9.90. The Morgan fingerprint density at radius 2 is 1.50 bits per heavy atom. The van der Waals surface area contributed by atoms with Gasteiger partial charge in [-0.3, -0.25) is 0 Å². The molecule has 2 aromatic carbocycles. The summed E-state index contributed by atoms with van der Waals surface area (Å²) in [5.74, 6) is 2.41. The van der Waals surface area contributed by atoms with Gasteiger partial charge in [-0.1, -0.05) is 30.3 Å². The second-order valence-electron chi connectivity index (χ2n) is 4.39. The fourth-order valence-electron chi connectivity index (χ4n) is 1.85. The zero-order chi connectivity index (χ0) is 13.6. The molecule has 3 rings (SSSR count). The molecule has 3 heteroatoms. The van der Waals surface area contributed by atoms with Gasteiger partial charge in [0, 0.05) is 12.4 Å². The smallest absolute Gasteiger partial charge is 0.144 e. The molecule has 0 amide bonds. The van der Waals surface area contributed by atoms with Gasteiger partial charge in [-0.2, -0.15) is 0 Å². The third kappa shape index (κ3) is 3.20. The Kier molecular flexibility index (Phi) is 3.69. The number of benzene rings is 2. The fourth-order valence-corrected chi connectivity index (χ4v) is 1.85. The third-order valence-corrected chi connectivity index (χ3v) is 2.88. The van der Waals surface area contributed by atoms with Crippen LogP contribution >= 0.6 is 0 Å². The molecule has 3 aromatic rings. The van der Waals surface area contributed by atoms with Crippen molar-refractivity contribution in [1.29, 1.82) is 0 Å². The zero-order valence-electron chi connectivity index (χ0n) is 11.0. The van der Waals surface area contributed by atoms with E-state index in [1.165, 1.54) is 0 Å². The molecule has 3 nitrogen and oxygen atoms in total. The predicted octanol–water partition coefficient (Wildman–Crippen LogP) is 4.39. The summed E-state index contributed by atoms with van der Waals surface area (Å²) in [6.45, 7) is 0.568. The highest BCUT2D eigenvalue weighted by atomic mass is 16.5. The first kappa shape index (κ1) is 12.4. The minimum absolute atomic E-state index is 0.568. The largest absolute Gasteiger partial charge is 0.489 e. The molecule has 0 radical (unpaired) electrons. The van der Waals surface area contributed by atoms with E-state index < -0.39 is 0 Å². The molecule has 0 unspecified atom stereocenters. The molecular formula is C17H15NO2. The van der Waals surface area contributed by atoms with Crippen LogP contribution < -0.4 is 9.47 Å². The van der Waals surface area contributed by atoms with Gasteiger partial charge in [0.1, 0.15) is 23.9 Å². The second-order valence-corrected chi connectivity index (χ2v) is 4.39. The Bertz CT molecular complexity index is 631. The van der Waals surface area contributed by atoms with E-state index in [-0.39, 0.29) is 0 Å². The molecule has 0 aliphatic rings. The summed E-state index contributed by atoms with van der Waals surface area (Å²) >= 11 is 0. The molecule has 0 aliphatic carbocycles. The van der Waals surface area contributed by atoms with Crippen LogP contribution in [-0.4, -0.2) is 4.98 Å². The van der Waals surface area contributed by atoms with Crippen LogP contribution in [0.5, 0.6) is 17.2 Å². The van der Waals surface area contributed by atoms with Crippen LogP contribution in [0.2, 0.25) is 0 Å². The SMILES string of the molecule is c1ccc(COc2ccc(Oc3cc[nH]c3)cc2)cc1. The molecular weight excluding hydrogens is 250 g/mol. The highest BCUT2D eigenvalue weighted by Gasteiger charge is 1.99. The Hall–Kier alpha value is -2.68. The number of hydrogen-bond donors (Lipinski definition) is 1. The van der Waals surface area contributed by atoms with Crippen LogP contribution in [0.3, 0.4) is 0 Å². The van der Waals surface area contributed by atoms with Crippen molar-refractivity contribution in [1.82, 2.24) is 4.98 Å². The fraction of sp³-hybridized carbons (Fsp3) is 0.0588. The molecule has 100 valence electrons. The maximum absolute atomic E-state index is 5.72. The van der Waals surface area contributed by atoms with Crippen molar-refractivity contribution in [2.75, 3.05) is 0 Å². The maximum atomic E-state index is 5.72. The lowest BCUT2D eigenvalue weighted by Gasteiger charge is -2.07. The number of rotatable bonds is 5. The van der Waals surface area contributed by atoms with Crippen LogP contribution in [0, 0.1) is 0 Å². The summed E-state index contributed by atoms with van der Waals surface area (Å²) in [6.07, 6.45) is 3.63. The van der Waals surface area contributed by atoms with E-state index in [1.54, 1.807) is 6.20 Å². The molecule has 0 saturated carbocycles. The van der Waals surface area contributed by atoms with Crippen molar-refractivity contribution in [2.24, 2.45) is 0 Å². The van der Waals surface area contributed by atoms with Crippen molar-refractivity contribution < 1.29 is 9.47 Å². The Morgan fingerprint density at radius 1 is 0.750 bits per heavy atom. The number of H-pyrrole nitrogens is 1. The van der Waals surface area contributed by atoms with E-state index in [9.17, 15) is 0 Å². The van der Waals surface area contributed by atoms with Crippen LogP contribution in [0.25, 0.3) is 0 Å². The van der Waals surface area contributed by atoms with Crippen LogP contribution in [0.15, 0.2) is 73.1 Å². The summed E-state index contributed by atoms with van der Waals surface area (Å²) in [4.78, 5) is 2.95. The molecule has 20 heavy (non-hydrogen) atoms. The van der Waals surface area contributed by atoms with E-state index in [0.29, 0.717) is 6.61 Å². The summed E-state index contributed by atoms with van der Waals surface area (Å²) in [6, 6.07) is 19.6. The standard InChI is InChI=1S/C17H15NO2/c1-2-4-14(5-3-1)13-19-15-6-8-16(9-7-15)20-17-10-11-18-12-17/h1-12,18H,13H2. The van der Waals surface area contributed by atoms with Gasteiger partial charge in [0.25, 0.3) is 0 Å². The molecule has 0 aliphatic heterocycles. The molecule has 0 spiro atoms. The van der Waals surface area contributed by atoms with Crippen molar-refractivity contribution in [3.8, 4) is 17.2 Å². The summed E-state index contributed by atoms with van der Waals surface area (Å²) in [7, 11) is 0. The molecule has 0 saturated heterocycles. The molecule has 1 aromatic heterocycles. The summed E-state index contributed by atoms with van der Waals surface area (Å²) in [5, 5.41) is 0. The van der Waals surface area contributed by atoms with Gasteiger partial charge in [-0.05, 0) is 35.9 Å². The van der Waals surface area contributed by atoms with E-state index in [4.69, 9.17) is 9.47 Å². The van der Waals surface area contributed by atoms with Crippen LogP contribution in [0.1, 0.15) is 5.56 Å². The minimum Gasteiger partial charge on any atom is -0.489 e. The van der Waals surface area contributed by atoms with Gasteiger partial charge in [0.05, 0.1) is 0 Å². The number of nitrogens with one attached hydrogen (secondary N) is 1. The summed E-state index contributed by atoms with van der Waals surface area (Å²) in [5.41, 5.74) is 1.15. The van der Waals surface area contributed by atoms with Gasteiger partial charge in [0.2, 0.25) is 0 Å². The lowest BCUT2D eigenvalue weighted by molar-refractivity contribution is 0.306. The predicted molar refractivity (Wildman–Crippen MR) is 78.1 cm³/mol. The minimum atomic E-state index is 0.568. The average Bonchev–Trinajstić information content (AvgIpc) is 3.01. The number of hydrogen-bond acceptors (Lipinski definition) is 2.